The highest BCUT2D eigenvalue weighted by molar-refractivity contribution is 6.04. The molecule has 0 aliphatic rings. The molecule has 7 nitrogen and oxygen atoms in total. The van der Waals surface area contributed by atoms with Crippen molar-refractivity contribution in [3.05, 3.63) is 107 Å². The van der Waals surface area contributed by atoms with Crippen molar-refractivity contribution in [2.45, 2.75) is 12.6 Å². The number of nitrogens with one attached hydrogen (secondary N) is 1. The van der Waals surface area contributed by atoms with Crippen molar-refractivity contribution in [3.8, 4) is 0 Å². The van der Waals surface area contributed by atoms with Crippen LogP contribution in [0.3, 0.4) is 0 Å². The molecule has 1 N–H and O–H groups in total. The van der Waals surface area contributed by atoms with Crippen molar-refractivity contribution in [2.24, 2.45) is 7.05 Å². The smallest absolute Gasteiger partial charge is 0.274 e. The Hall–Kier alpha value is -4.33. The van der Waals surface area contributed by atoms with Crippen LogP contribution < -0.4 is 10.9 Å². The Kier molecular flexibility index (Phi) is 5.18. The molecule has 5 aromatic rings. The maximum atomic E-state index is 13.6. The van der Waals surface area contributed by atoms with E-state index in [9.17, 15) is 14.0 Å². The lowest BCUT2D eigenvalue weighted by Crippen LogP contribution is -2.34. The highest BCUT2D eigenvalue weighted by Crippen LogP contribution is 2.21. The Morgan fingerprint density at radius 2 is 1.70 bits per heavy atom. The minimum Gasteiger partial charge on any atom is -0.342 e. The van der Waals surface area contributed by atoms with Crippen LogP contribution in [0, 0.1) is 5.82 Å². The molecule has 8 heteroatoms. The number of aromatic nitrogens is 4. The zero-order valence-electron chi connectivity index (χ0n) is 17.8. The molecule has 2 heterocycles. The van der Waals surface area contributed by atoms with Gasteiger partial charge in [0.25, 0.3) is 11.5 Å². The van der Waals surface area contributed by atoms with Crippen molar-refractivity contribution in [2.75, 3.05) is 0 Å². The summed E-state index contributed by atoms with van der Waals surface area (Å²) in [5.74, 6) is -0.789. The molecule has 1 unspecified atom stereocenters. The summed E-state index contributed by atoms with van der Waals surface area (Å²) in [4.78, 5) is 30.2. The summed E-state index contributed by atoms with van der Waals surface area (Å²) in [5.41, 5.74) is 2.37. The van der Waals surface area contributed by atoms with Crippen LogP contribution in [0.4, 0.5) is 4.39 Å². The van der Waals surface area contributed by atoms with Crippen molar-refractivity contribution in [1.82, 2.24) is 24.6 Å². The number of benzene rings is 3. The van der Waals surface area contributed by atoms with E-state index in [0.717, 1.165) is 21.3 Å². The fourth-order valence-electron chi connectivity index (χ4n) is 3.98. The molecule has 1 atom stereocenters. The van der Waals surface area contributed by atoms with Crippen LogP contribution in [0.1, 0.15) is 22.1 Å². The number of halogens is 1. The van der Waals surface area contributed by atoms with Crippen molar-refractivity contribution < 1.29 is 9.18 Å². The third kappa shape index (κ3) is 3.87. The Morgan fingerprint density at radius 3 is 2.48 bits per heavy atom. The van der Waals surface area contributed by atoms with Crippen LogP contribution in [-0.2, 0) is 13.6 Å². The SMILES string of the molecule is Cn1nc(C(=O)NC(Cn2cnc3ccccc32)c2ccc(F)cc2)c2ccccc2c1=O. The third-order valence-electron chi connectivity index (χ3n) is 5.66. The zero-order chi connectivity index (χ0) is 22.9. The molecule has 164 valence electrons. The van der Waals surface area contributed by atoms with Gasteiger partial charge >= 0.3 is 0 Å². The maximum absolute atomic E-state index is 13.6. The lowest BCUT2D eigenvalue weighted by atomic mass is 10.1. The molecule has 0 spiro atoms. The molecule has 0 saturated carbocycles. The van der Waals surface area contributed by atoms with Gasteiger partial charge in [0, 0.05) is 19.0 Å². The predicted molar refractivity (Wildman–Crippen MR) is 123 cm³/mol. The Bertz CT molecular complexity index is 1540. The van der Waals surface area contributed by atoms with E-state index in [-0.39, 0.29) is 17.1 Å². The minimum absolute atomic E-state index is 0.148. The monoisotopic (exact) mass is 441 g/mol. The number of para-hydroxylation sites is 2. The summed E-state index contributed by atoms with van der Waals surface area (Å²) in [5, 5.41) is 8.14. The van der Waals surface area contributed by atoms with E-state index in [2.05, 4.69) is 15.4 Å². The molecular formula is C25H20FN5O2. The first-order chi connectivity index (χ1) is 16.0. The number of hydrogen-bond acceptors (Lipinski definition) is 4. The number of rotatable bonds is 5. The number of carbonyl (C=O) groups excluding carboxylic acids is 1. The van der Waals surface area contributed by atoms with Gasteiger partial charge < -0.3 is 9.88 Å². The average Bonchev–Trinajstić information content (AvgIpc) is 3.24. The Balaban J connectivity index is 1.54. The summed E-state index contributed by atoms with van der Waals surface area (Å²) < 4.78 is 16.7. The second kappa shape index (κ2) is 8.31. The molecule has 33 heavy (non-hydrogen) atoms. The first-order valence-corrected chi connectivity index (χ1v) is 10.4. The highest BCUT2D eigenvalue weighted by atomic mass is 19.1. The van der Waals surface area contributed by atoms with Gasteiger partial charge in [-0.25, -0.2) is 14.1 Å². The summed E-state index contributed by atoms with van der Waals surface area (Å²) in [6, 6.07) is 20.1. The molecule has 3 aromatic carbocycles. The van der Waals surface area contributed by atoms with Crippen LogP contribution in [0.15, 0.2) is 83.9 Å². The second-order valence-electron chi connectivity index (χ2n) is 7.79. The van der Waals surface area contributed by atoms with E-state index < -0.39 is 11.9 Å². The topological polar surface area (TPSA) is 81.8 Å². The normalized spacial score (nSPS) is 12.2. The van der Waals surface area contributed by atoms with E-state index in [4.69, 9.17) is 0 Å². The van der Waals surface area contributed by atoms with Crippen LogP contribution in [-0.4, -0.2) is 25.2 Å². The van der Waals surface area contributed by atoms with Crippen LogP contribution in [0.5, 0.6) is 0 Å². The van der Waals surface area contributed by atoms with Gasteiger partial charge in [0.15, 0.2) is 5.69 Å². The van der Waals surface area contributed by atoms with E-state index in [1.165, 1.54) is 19.2 Å². The van der Waals surface area contributed by atoms with E-state index >= 15 is 0 Å². The Morgan fingerprint density at radius 1 is 1.00 bits per heavy atom. The summed E-state index contributed by atoms with van der Waals surface area (Å²) in [6.07, 6.45) is 1.72. The number of aryl methyl sites for hydroxylation is 1. The molecule has 5 rings (SSSR count). The maximum Gasteiger partial charge on any atom is 0.274 e. The molecule has 0 aliphatic heterocycles. The van der Waals surface area contributed by atoms with Gasteiger partial charge in [-0.05, 0) is 35.9 Å². The molecule has 0 saturated heterocycles. The van der Waals surface area contributed by atoms with Gasteiger partial charge in [0.1, 0.15) is 5.82 Å². The number of carbonyl (C=O) groups is 1. The van der Waals surface area contributed by atoms with Crippen LogP contribution in [0.2, 0.25) is 0 Å². The first kappa shape index (κ1) is 20.6. The molecule has 0 radical (unpaired) electrons. The van der Waals surface area contributed by atoms with Gasteiger partial charge in [0.2, 0.25) is 0 Å². The fourth-order valence-corrected chi connectivity index (χ4v) is 3.98. The van der Waals surface area contributed by atoms with E-state index in [0.29, 0.717) is 17.3 Å². The van der Waals surface area contributed by atoms with Crippen molar-refractivity contribution in [1.29, 1.82) is 0 Å². The highest BCUT2D eigenvalue weighted by Gasteiger charge is 2.21. The average molecular weight is 441 g/mol. The molecule has 0 bridgehead atoms. The molecule has 1 amide bonds. The van der Waals surface area contributed by atoms with Gasteiger partial charge in [-0.2, -0.15) is 5.10 Å². The first-order valence-electron chi connectivity index (χ1n) is 10.4. The molecule has 0 aliphatic carbocycles. The standard InChI is InChI=1S/C25H20FN5O2/c1-30-25(33)19-7-3-2-6-18(19)23(29-30)24(32)28-21(16-10-12-17(26)13-11-16)14-31-15-27-20-8-4-5-9-22(20)31/h2-13,15,21H,14H2,1H3,(H,28,32). The molecule has 0 fully saturated rings. The van der Waals surface area contributed by atoms with Crippen molar-refractivity contribution in [3.63, 3.8) is 0 Å². The number of nitrogens with zero attached hydrogens (tertiary/aromatic N) is 4. The second-order valence-corrected chi connectivity index (χ2v) is 7.79. The number of imidazole rings is 1. The van der Waals surface area contributed by atoms with Crippen LogP contribution in [0.25, 0.3) is 21.8 Å². The van der Waals surface area contributed by atoms with Crippen molar-refractivity contribution >= 4 is 27.7 Å². The summed E-state index contributed by atoms with van der Waals surface area (Å²) in [7, 11) is 1.51. The summed E-state index contributed by atoms with van der Waals surface area (Å²) >= 11 is 0. The number of fused-ring (bicyclic) bond motifs is 2. The lowest BCUT2D eigenvalue weighted by molar-refractivity contribution is 0.0927. The van der Waals surface area contributed by atoms with Gasteiger partial charge in [-0.1, -0.05) is 42.5 Å². The quantitative estimate of drug-likeness (QED) is 0.452. The molecular weight excluding hydrogens is 421 g/mol. The van der Waals surface area contributed by atoms with Gasteiger partial charge in [-0.3, -0.25) is 9.59 Å². The third-order valence-corrected chi connectivity index (χ3v) is 5.66. The molecule has 2 aromatic heterocycles. The zero-order valence-corrected chi connectivity index (χ0v) is 17.8. The van der Waals surface area contributed by atoms with Gasteiger partial charge in [0.05, 0.1) is 28.8 Å². The number of amides is 1. The summed E-state index contributed by atoms with van der Waals surface area (Å²) in [6.45, 7) is 0.377. The number of hydrogen-bond donors (Lipinski definition) is 1. The largest absolute Gasteiger partial charge is 0.342 e. The lowest BCUT2D eigenvalue weighted by Gasteiger charge is -2.21. The minimum atomic E-state index is -0.492. The predicted octanol–water partition coefficient (Wildman–Crippen LogP) is 3.59. The van der Waals surface area contributed by atoms with Crippen LogP contribution >= 0.6 is 0 Å². The van der Waals surface area contributed by atoms with Gasteiger partial charge in [-0.15, -0.1) is 0 Å². The fraction of sp³-hybridized carbons (Fsp3) is 0.120. The van der Waals surface area contributed by atoms with E-state index in [1.807, 2.05) is 28.8 Å². The Labute approximate surface area is 188 Å². The van der Waals surface area contributed by atoms with E-state index in [1.54, 1.807) is 42.7 Å².